The summed E-state index contributed by atoms with van der Waals surface area (Å²) in [5, 5.41) is 3.66. The van der Waals surface area contributed by atoms with E-state index in [0.717, 1.165) is 55.1 Å². The predicted octanol–water partition coefficient (Wildman–Crippen LogP) is 17.0. The van der Waals surface area contributed by atoms with Gasteiger partial charge in [0.1, 0.15) is 5.82 Å². The molecule has 0 unspecified atom stereocenters. The molecule has 0 radical (unpaired) electrons. The van der Waals surface area contributed by atoms with E-state index in [4.69, 9.17) is 24.8 Å². The van der Waals surface area contributed by atoms with Crippen molar-refractivity contribution < 1.29 is 40.9 Å². The summed E-state index contributed by atoms with van der Waals surface area (Å²) in [5.41, 5.74) is 7.86. The fourth-order valence-corrected chi connectivity index (χ4v) is 9.74. The number of aromatic nitrogens is 3. The number of nitrogens with zero attached hydrogens (tertiary/aromatic N) is 5. The first kappa shape index (κ1) is 34.8. The van der Waals surface area contributed by atoms with Crippen LogP contribution in [0.3, 0.4) is 0 Å². The van der Waals surface area contributed by atoms with Crippen LogP contribution in [0.2, 0.25) is 0 Å². The van der Waals surface area contributed by atoms with Crippen LogP contribution in [0.25, 0.3) is 66.2 Å². The van der Waals surface area contributed by atoms with Crippen LogP contribution in [0.15, 0.2) is 176 Å². The molecule has 1 aliphatic rings. The van der Waals surface area contributed by atoms with Crippen LogP contribution in [0, 0.1) is 32.5 Å². The number of fused-ring (bicyclic) bond motifs is 7. The summed E-state index contributed by atoms with van der Waals surface area (Å²) in [5.74, 6) is 0.786. The molecule has 0 saturated carbocycles. The molecule has 6 nitrogen and oxygen atoms in total. The van der Waals surface area contributed by atoms with Gasteiger partial charge in [-0.3, -0.25) is 0 Å². The minimum absolute atomic E-state index is 0. The van der Waals surface area contributed by atoms with Gasteiger partial charge in [0.25, 0.3) is 0 Å². The van der Waals surface area contributed by atoms with Crippen LogP contribution in [-0.2, 0) is 31.9 Å². The zero-order chi connectivity index (χ0) is 57.4. The van der Waals surface area contributed by atoms with E-state index < -0.39 is 43.9 Å². The maximum Gasteiger partial charge on any atom is 0.135 e. The Morgan fingerprint density at radius 2 is 1.24 bits per heavy atom. The summed E-state index contributed by atoms with van der Waals surface area (Å²) in [6.07, 6.45) is 1.26. The van der Waals surface area contributed by atoms with Crippen molar-refractivity contribution >= 4 is 66.4 Å². The van der Waals surface area contributed by atoms with E-state index in [1.807, 2.05) is 93.8 Å². The quantitative estimate of drug-likeness (QED) is 0.149. The molecule has 0 aliphatic carbocycles. The van der Waals surface area contributed by atoms with Crippen molar-refractivity contribution in [3.8, 4) is 34.1 Å². The van der Waals surface area contributed by atoms with Gasteiger partial charge in [-0.25, -0.2) is 4.98 Å². The number of pyridine rings is 1. The Morgan fingerprint density at radius 1 is 0.592 bits per heavy atom. The average molecular weight is 1120 g/mol. The minimum atomic E-state index is -2.83. The number of para-hydroxylation sites is 3. The molecule has 7 heteroatoms. The number of benzene rings is 8. The zero-order valence-electron chi connectivity index (χ0n) is 50.9. The van der Waals surface area contributed by atoms with Crippen molar-refractivity contribution in [2.24, 2.45) is 0 Å². The normalized spacial score (nSPS) is 15.4. The fourth-order valence-electron chi connectivity index (χ4n) is 9.74. The van der Waals surface area contributed by atoms with E-state index >= 15 is 0 Å². The van der Waals surface area contributed by atoms with Crippen LogP contribution >= 0.6 is 0 Å². The van der Waals surface area contributed by atoms with Gasteiger partial charge in [-0.2, -0.15) is 12.1 Å². The molecule has 0 N–H and O–H groups in total. The summed E-state index contributed by atoms with van der Waals surface area (Å²) in [6, 6.07) is 48.8. The van der Waals surface area contributed by atoms with E-state index in [1.165, 1.54) is 12.3 Å². The largest absolute Gasteiger partial charge is 0.509 e. The third-order valence-corrected chi connectivity index (χ3v) is 13.3. The van der Waals surface area contributed by atoms with E-state index in [2.05, 4.69) is 101 Å². The third-order valence-electron chi connectivity index (χ3n) is 13.3. The number of rotatable bonds is 7. The van der Waals surface area contributed by atoms with Gasteiger partial charge in [-0.05, 0) is 106 Å². The first-order valence-corrected chi connectivity index (χ1v) is 23.3. The third kappa shape index (κ3) is 7.90. The molecule has 0 fully saturated rings. The molecule has 0 bridgehead atoms. The first-order chi connectivity index (χ1) is 38.3. The molecule has 12 rings (SSSR count). The van der Waals surface area contributed by atoms with E-state index in [-0.39, 0.29) is 65.7 Å². The van der Waals surface area contributed by atoms with Crippen molar-refractivity contribution in [1.82, 2.24) is 14.1 Å². The van der Waals surface area contributed by atoms with Crippen LogP contribution in [0.4, 0.5) is 22.7 Å². The van der Waals surface area contributed by atoms with Crippen LogP contribution in [0.5, 0.6) is 11.5 Å². The molecule has 8 aromatic carbocycles. The maximum atomic E-state index is 8.79. The van der Waals surface area contributed by atoms with Crippen LogP contribution in [0.1, 0.15) is 78.9 Å². The summed E-state index contributed by atoms with van der Waals surface area (Å²) in [7, 11) is 0. The van der Waals surface area contributed by atoms with Crippen molar-refractivity contribution in [3.05, 3.63) is 217 Å². The van der Waals surface area contributed by atoms with Gasteiger partial charge in [0, 0.05) is 91.6 Å². The zero-order valence-corrected chi connectivity index (χ0v) is 42.2. The summed E-state index contributed by atoms with van der Waals surface area (Å²) < 4.78 is 106. The summed E-state index contributed by atoms with van der Waals surface area (Å²) >= 11 is 0. The summed E-state index contributed by atoms with van der Waals surface area (Å²) in [4.78, 5) is 8.73. The minimum Gasteiger partial charge on any atom is -0.509 e. The molecule has 0 saturated heterocycles. The van der Waals surface area contributed by atoms with Gasteiger partial charge in [-0.1, -0.05) is 143 Å². The van der Waals surface area contributed by atoms with Gasteiger partial charge >= 0.3 is 0 Å². The van der Waals surface area contributed by atoms with Gasteiger partial charge in [0.15, 0.2) is 0 Å². The van der Waals surface area contributed by atoms with Crippen LogP contribution in [-0.4, -0.2) is 14.1 Å². The number of hydrogen-bond donors (Lipinski definition) is 0. The molecule has 11 aromatic rings. The SMILES string of the molecule is [2H]c1c([2H])c([2H])c(-c2cnc(-n3c4[c-]c(Oc5[c-]c(N6[CH-]N(c7cc(C(C)(C)C)cc(C(C)(C)C)c7)c7c6cccc7C([2H])([2H])[2H])ccc5)ccc4c4c(-n5c6ccccc6c6ccccc65)cccc43)cc2C([2H])([2H])[2H])c([2H])c1[2H].[Pt]. The van der Waals surface area contributed by atoms with Gasteiger partial charge in [0.05, 0.1) is 17.9 Å². The molecule has 4 heterocycles. The standard InChI is InChI=1S/C64H54N5O.Pt/c1-41-19-16-30-58-62(41)67(47-35-44(63(3,4)5)34-45(36-47)64(6,7)8)40-66(58)46-22-17-23-48(37-46)70-49-31-32-52-59(38-49)69(60-33-42(2)53(39-65-60)43-20-10-9-11-21-43)57-29-18-28-56(61(52)57)68-54-26-14-12-24-50(54)51-25-13-15-27-55(51)68;/h9-36,39-40H,1-8H3;/q-3;/i1D3,2D3,9D,10D,11D,20D,21D;. The van der Waals surface area contributed by atoms with E-state index in [1.54, 1.807) is 18.2 Å². The second-order valence-electron chi connectivity index (χ2n) is 19.8. The molecule has 71 heavy (non-hydrogen) atoms. The number of anilines is 4. The Morgan fingerprint density at radius 3 is 1.94 bits per heavy atom. The van der Waals surface area contributed by atoms with Crippen molar-refractivity contribution in [2.45, 2.75) is 66.1 Å². The molecule has 3 aromatic heterocycles. The van der Waals surface area contributed by atoms with Gasteiger partial charge < -0.3 is 23.7 Å². The molecule has 354 valence electrons. The Labute approximate surface area is 446 Å². The predicted molar refractivity (Wildman–Crippen MR) is 291 cm³/mol. The van der Waals surface area contributed by atoms with Crippen LogP contribution < -0.4 is 14.5 Å². The van der Waals surface area contributed by atoms with E-state index in [0.29, 0.717) is 33.8 Å². The Kier molecular flexibility index (Phi) is 8.57. The molecule has 0 amide bonds. The monoisotopic (exact) mass is 1110 g/mol. The Hall–Kier alpha value is -7.40. The van der Waals surface area contributed by atoms with Crippen molar-refractivity contribution in [3.63, 3.8) is 0 Å². The van der Waals surface area contributed by atoms with Crippen molar-refractivity contribution in [1.29, 1.82) is 0 Å². The van der Waals surface area contributed by atoms with Gasteiger partial charge in [0.2, 0.25) is 0 Å². The molecular formula is C64H54N5OPt-3. The second-order valence-corrected chi connectivity index (χ2v) is 19.8. The number of aryl methyl sites for hydroxylation is 2. The Balaban J connectivity index is 0.00000705. The van der Waals surface area contributed by atoms with E-state index in [9.17, 15) is 0 Å². The molecule has 0 atom stereocenters. The molecule has 1 aliphatic heterocycles. The molecular weight excluding hydrogens is 1050 g/mol. The number of hydrogen-bond acceptors (Lipinski definition) is 4. The molecule has 0 spiro atoms. The second kappa shape index (κ2) is 17.5. The maximum absolute atomic E-state index is 8.79. The average Bonchev–Trinajstić information content (AvgIpc) is 2.09. The fraction of sp³-hybridized carbons (Fsp3) is 0.156. The topological polar surface area (TPSA) is 38.5 Å². The van der Waals surface area contributed by atoms with Gasteiger partial charge in [-0.15, -0.1) is 42.7 Å². The van der Waals surface area contributed by atoms with Crippen molar-refractivity contribution in [2.75, 3.05) is 9.80 Å². The Bertz CT molecular complexity index is 4280. The number of ether oxygens (including phenoxy) is 1. The summed E-state index contributed by atoms with van der Waals surface area (Å²) in [6.45, 7) is 9.64. The first-order valence-electron chi connectivity index (χ1n) is 28.8. The smallest absolute Gasteiger partial charge is 0.135 e.